The fourth-order valence-corrected chi connectivity index (χ4v) is 1.45. The summed E-state index contributed by atoms with van der Waals surface area (Å²) >= 11 is 0. The van der Waals surface area contributed by atoms with E-state index in [0.29, 0.717) is 6.61 Å². The van der Waals surface area contributed by atoms with Gasteiger partial charge >= 0.3 is 11.9 Å². The maximum atomic E-state index is 11.7. The predicted molar refractivity (Wildman–Crippen MR) is 67.0 cm³/mol. The number of ether oxygens (including phenoxy) is 3. The molecule has 0 saturated heterocycles. The van der Waals surface area contributed by atoms with Crippen molar-refractivity contribution in [2.24, 2.45) is 5.92 Å². The van der Waals surface area contributed by atoms with Crippen molar-refractivity contribution >= 4 is 11.9 Å². The molecule has 1 atom stereocenters. The number of carbonyl (C=O) groups is 2. The Morgan fingerprint density at radius 3 is 1.89 bits per heavy atom. The first-order chi connectivity index (χ1) is 8.60. The van der Waals surface area contributed by atoms with Crippen LogP contribution in [0.3, 0.4) is 0 Å². The Balaban J connectivity index is 4.68. The number of hydrogen-bond acceptors (Lipinski definition) is 5. The lowest BCUT2D eigenvalue weighted by Crippen LogP contribution is -2.31. The molecular formula is C13H22O5. The molecule has 18 heavy (non-hydrogen) atoms. The highest BCUT2D eigenvalue weighted by Gasteiger charge is 2.31. The molecule has 0 heterocycles. The second kappa shape index (κ2) is 9.65. The first-order valence-electron chi connectivity index (χ1n) is 6.17. The van der Waals surface area contributed by atoms with Gasteiger partial charge in [-0.05, 0) is 20.8 Å². The molecule has 0 N–H and O–H groups in total. The van der Waals surface area contributed by atoms with Gasteiger partial charge in [-0.3, -0.25) is 9.59 Å². The normalized spacial score (nSPS) is 12.0. The van der Waals surface area contributed by atoms with Crippen molar-refractivity contribution in [1.82, 2.24) is 0 Å². The smallest absolute Gasteiger partial charge is 0.320 e. The molecule has 0 aliphatic heterocycles. The molecule has 0 rings (SSSR count). The minimum Gasteiger partial charge on any atom is -0.465 e. The molecule has 0 amide bonds. The van der Waals surface area contributed by atoms with Gasteiger partial charge in [0.25, 0.3) is 0 Å². The highest BCUT2D eigenvalue weighted by atomic mass is 16.6. The van der Waals surface area contributed by atoms with E-state index in [9.17, 15) is 9.59 Å². The molecule has 0 aromatic rings. The summed E-state index contributed by atoms with van der Waals surface area (Å²) in [4.78, 5) is 23.4. The number of carbonyl (C=O) groups excluding carboxylic acids is 2. The van der Waals surface area contributed by atoms with Crippen LogP contribution in [-0.4, -0.2) is 37.9 Å². The van der Waals surface area contributed by atoms with Gasteiger partial charge in [0.05, 0.1) is 19.3 Å². The van der Waals surface area contributed by atoms with Crippen LogP contribution in [0.1, 0.15) is 27.2 Å². The van der Waals surface area contributed by atoms with E-state index in [1.807, 2.05) is 6.92 Å². The number of esters is 2. The van der Waals surface area contributed by atoms with Crippen LogP contribution in [0.2, 0.25) is 0 Å². The van der Waals surface area contributed by atoms with Gasteiger partial charge in [-0.15, -0.1) is 6.58 Å². The Hall–Kier alpha value is -1.36. The molecule has 0 aliphatic carbocycles. The van der Waals surface area contributed by atoms with Gasteiger partial charge in [0, 0.05) is 13.0 Å². The van der Waals surface area contributed by atoms with E-state index in [4.69, 9.17) is 14.2 Å². The van der Waals surface area contributed by atoms with E-state index < -0.39 is 17.9 Å². The molecule has 0 saturated carbocycles. The summed E-state index contributed by atoms with van der Waals surface area (Å²) in [6.07, 6.45) is 1.39. The van der Waals surface area contributed by atoms with E-state index in [-0.39, 0.29) is 25.7 Å². The summed E-state index contributed by atoms with van der Waals surface area (Å²) in [5, 5.41) is 0. The van der Waals surface area contributed by atoms with Crippen molar-refractivity contribution in [2.75, 3.05) is 19.8 Å². The molecule has 0 aliphatic rings. The third-order valence-electron chi connectivity index (χ3n) is 2.25. The highest BCUT2D eigenvalue weighted by Crippen LogP contribution is 2.15. The molecule has 0 fully saturated rings. The molecule has 0 spiro atoms. The van der Waals surface area contributed by atoms with Crippen LogP contribution in [0.15, 0.2) is 12.7 Å². The lowest BCUT2D eigenvalue weighted by Gasteiger charge is -2.18. The Morgan fingerprint density at radius 1 is 1.06 bits per heavy atom. The summed E-state index contributed by atoms with van der Waals surface area (Å²) in [5.41, 5.74) is 0. The second-order valence-corrected chi connectivity index (χ2v) is 3.52. The standard InChI is InChI=1S/C13H22O5/c1-5-10(16-6-2)9-11(12(14)17-7-3)13(15)18-8-4/h5,10-11H,1,6-9H2,2-4H3. The Labute approximate surface area is 108 Å². The second-order valence-electron chi connectivity index (χ2n) is 3.52. The molecule has 0 radical (unpaired) electrons. The molecule has 104 valence electrons. The van der Waals surface area contributed by atoms with Gasteiger partial charge in [-0.2, -0.15) is 0 Å². The minimum atomic E-state index is -0.959. The van der Waals surface area contributed by atoms with Crippen LogP contribution < -0.4 is 0 Å². The van der Waals surface area contributed by atoms with Crippen LogP contribution in [0, 0.1) is 5.92 Å². The first kappa shape index (κ1) is 16.6. The summed E-state index contributed by atoms with van der Waals surface area (Å²) < 4.78 is 15.1. The Morgan fingerprint density at radius 2 is 1.56 bits per heavy atom. The van der Waals surface area contributed by atoms with Crippen molar-refractivity contribution in [1.29, 1.82) is 0 Å². The Bertz CT molecular complexity index is 257. The van der Waals surface area contributed by atoms with Crippen molar-refractivity contribution in [2.45, 2.75) is 33.3 Å². The zero-order valence-corrected chi connectivity index (χ0v) is 11.3. The van der Waals surface area contributed by atoms with Gasteiger partial charge in [0.15, 0.2) is 5.92 Å². The van der Waals surface area contributed by atoms with E-state index in [1.165, 1.54) is 0 Å². The zero-order valence-electron chi connectivity index (χ0n) is 11.3. The van der Waals surface area contributed by atoms with Crippen LogP contribution in [0.5, 0.6) is 0 Å². The highest BCUT2D eigenvalue weighted by molar-refractivity contribution is 5.94. The number of rotatable bonds is 9. The average Bonchev–Trinajstić information content (AvgIpc) is 2.34. The minimum absolute atomic E-state index is 0.189. The fraction of sp³-hybridized carbons (Fsp3) is 0.692. The summed E-state index contributed by atoms with van der Waals surface area (Å²) in [7, 11) is 0. The van der Waals surface area contributed by atoms with Crippen LogP contribution in [0.4, 0.5) is 0 Å². The summed E-state index contributed by atoms with van der Waals surface area (Å²) in [5.74, 6) is -2.12. The Kier molecular flexibility index (Phi) is 8.92. The largest absolute Gasteiger partial charge is 0.465 e. The van der Waals surface area contributed by atoms with Crippen molar-refractivity contribution in [3.05, 3.63) is 12.7 Å². The maximum absolute atomic E-state index is 11.7. The topological polar surface area (TPSA) is 61.8 Å². The van der Waals surface area contributed by atoms with Gasteiger partial charge in [0.2, 0.25) is 0 Å². The van der Waals surface area contributed by atoms with E-state index in [1.54, 1.807) is 19.9 Å². The molecule has 1 unspecified atom stereocenters. The molecule has 0 aromatic carbocycles. The number of hydrogen-bond donors (Lipinski definition) is 0. The third kappa shape index (κ3) is 5.82. The monoisotopic (exact) mass is 258 g/mol. The quantitative estimate of drug-likeness (QED) is 0.358. The van der Waals surface area contributed by atoms with Crippen LogP contribution >= 0.6 is 0 Å². The van der Waals surface area contributed by atoms with E-state index in [2.05, 4.69) is 6.58 Å². The zero-order chi connectivity index (χ0) is 14.0. The molecule has 0 bridgehead atoms. The fourth-order valence-electron chi connectivity index (χ4n) is 1.45. The maximum Gasteiger partial charge on any atom is 0.320 e. The van der Waals surface area contributed by atoms with Gasteiger partial charge in [0.1, 0.15) is 0 Å². The van der Waals surface area contributed by atoms with E-state index >= 15 is 0 Å². The molecule has 5 heteroatoms. The van der Waals surface area contributed by atoms with E-state index in [0.717, 1.165) is 0 Å². The lowest BCUT2D eigenvalue weighted by molar-refractivity contribution is -0.163. The van der Waals surface area contributed by atoms with Crippen molar-refractivity contribution < 1.29 is 23.8 Å². The van der Waals surface area contributed by atoms with Crippen molar-refractivity contribution in [3.8, 4) is 0 Å². The summed E-state index contributed by atoms with van der Waals surface area (Å²) in [6, 6.07) is 0. The SMILES string of the molecule is C=CC(CC(C(=O)OCC)C(=O)OCC)OCC. The lowest BCUT2D eigenvalue weighted by atomic mass is 10.0. The molecular weight excluding hydrogens is 236 g/mol. The van der Waals surface area contributed by atoms with Gasteiger partial charge < -0.3 is 14.2 Å². The third-order valence-corrected chi connectivity index (χ3v) is 2.25. The van der Waals surface area contributed by atoms with Gasteiger partial charge in [-0.1, -0.05) is 6.08 Å². The van der Waals surface area contributed by atoms with Crippen LogP contribution in [0.25, 0.3) is 0 Å². The molecule has 0 aromatic heterocycles. The van der Waals surface area contributed by atoms with Crippen molar-refractivity contribution in [3.63, 3.8) is 0 Å². The first-order valence-corrected chi connectivity index (χ1v) is 6.17. The predicted octanol–water partition coefficient (Wildman–Crippen LogP) is 1.71. The average molecular weight is 258 g/mol. The van der Waals surface area contributed by atoms with Crippen LogP contribution in [-0.2, 0) is 23.8 Å². The summed E-state index contributed by atoms with van der Waals surface area (Å²) in [6.45, 7) is 9.75. The van der Waals surface area contributed by atoms with Gasteiger partial charge in [-0.25, -0.2) is 0 Å². The molecule has 5 nitrogen and oxygen atoms in total.